The summed E-state index contributed by atoms with van der Waals surface area (Å²) < 4.78 is 10.9. The van der Waals surface area contributed by atoms with E-state index in [-0.39, 0.29) is 23.1 Å². The molecule has 2 amide bonds. The number of carbonyl (C=O) groups excluding carboxylic acids is 2. The van der Waals surface area contributed by atoms with Gasteiger partial charge in [0.05, 0.1) is 31.2 Å². The molecule has 29 heavy (non-hydrogen) atoms. The Morgan fingerprint density at radius 2 is 2.00 bits per heavy atom. The number of methoxy groups -OCH3 is 2. The summed E-state index contributed by atoms with van der Waals surface area (Å²) in [6.45, 7) is 2.56. The van der Waals surface area contributed by atoms with Crippen LogP contribution in [0, 0.1) is 0 Å². The fraction of sp³-hybridized carbons (Fsp3) is 0.364. The summed E-state index contributed by atoms with van der Waals surface area (Å²) in [5.41, 5.74) is 2.27. The highest BCUT2D eigenvalue weighted by Crippen LogP contribution is 2.40. The Morgan fingerprint density at radius 3 is 2.76 bits per heavy atom. The molecule has 2 aromatic rings. The summed E-state index contributed by atoms with van der Waals surface area (Å²) in [5, 5.41) is 2.77. The highest BCUT2D eigenvalue weighted by molar-refractivity contribution is 8.00. The van der Waals surface area contributed by atoms with Gasteiger partial charge in [-0.25, -0.2) is 0 Å². The zero-order valence-electron chi connectivity index (χ0n) is 16.7. The van der Waals surface area contributed by atoms with Gasteiger partial charge in [0.25, 0.3) is 5.91 Å². The Bertz CT molecular complexity index is 962. The fourth-order valence-electron chi connectivity index (χ4n) is 3.93. The first-order chi connectivity index (χ1) is 14.0. The van der Waals surface area contributed by atoms with Crippen LogP contribution in [0.25, 0.3) is 0 Å². The summed E-state index contributed by atoms with van der Waals surface area (Å²) >= 11 is 1.51. The summed E-state index contributed by atoms with van der Waals surface area (Å²) in [7, 11) is 3.25. The number of anilines is 1. The lowest BCUT2D eigenvalue weighted by Crippen LogP contribution is -2.31. The van der Waals surface area contributed by atoms with Crippen LogP contribution in [0.15, 0.2) is 41.3 Å². The van der Waals surface area contributed by atoms with Gasteiger partial charge in [-0.1, -0.05) is 0 Å². The second-order valence-corrected chi connectivity index (χ2v) is 8.61. The molecular weight excluding hydrogens is 388 g/mol. The van der Waals surface area contributed by atoms with Gasteiger partial charge in [-0.15, -0.1) is 11.8 Å². The van der Waals surface area contributed by atoms with Crippen molar-refractivity contribution in [1.82, 2.24) is 4.90 Å². The number of ether oxygens (including phenoxy) is 2. The molecule has 2 aliphatic heterocycles. The third-order valence-electron chi connectivity index (χ3n) is 5.47. The molecule has 0 aromatic heterocycles. The molecule has 0 saturated carbocycles. The average Bonchev–Trinajstić information content (AvgIpc) is 3.22. The molecule has 2 aromatic carbocycles. The first-order valence-corrected chi connectivity index (χ1v) is 10.5. The van der Waals surface area contributed by atoms with E-state index in [1.54, 1.807) is 20.3 Å². The maximum Gasteiger partial charge on any atom is 0.254 e. The Morgan fingerprint density at radius 1 is 1.17 bits per heavy atom. The van der Waals surface area contributed by atoms with Crippen LogP contribution in [-0.2, 0) is 4.79 Å². The van der Waals surface area contributed by atoms with Crippen molar-refractivity contribution >= 4 is 29.3 Å². The molecule has 152 valence electrons. The molecule has 1 saturated heterocycles. The number of nitrogens with one attached hydrogen (secondary N) is 1. The van der Waals surface area contributed by atoms with Crippen LogP contribution in [0.1, 0.15) is 41.7 Å². The molecule has 0 unspecified atom stereocenters. The third-order valence-corrected chi connectivity index (χ3v) is 6.65. The average molecular weight is 413 g/mol. The lowest BCUT2D eigenvalue weighted by atomic mass is 10.0. The van der Waals surface area contributed by atoms with Gasteiger partial charge < -0.3 is 19.7 Å². The van der Waals surface area contributed by atoms with Gasteiger partial charge in [0.1, 0.15) is 11.5 Å². The van der Waals surface area contributed by atoms with Crippen LogP contribution in [-0.4, -0.2) is 42.7 Å². The molecular formula is C22H24N2O4S. The normalized spacial score (nSPS) is 20.8. The molecule has 6 nitrogen and oxygen atoms in total. The highest BCUT2D eigenvalue weighted by Gasteiger charge is 2.33. The van der Waals surface area contributed by atoms with Gasteiger partial charge in [-0.3, -0.25) is 9.59 Å². The first kappa shape index (κ1) is 19.6. The Balaban J connectivity index is 1.62. The summed E-state index contributed by atoms with van der Waals surface area (Å²) in [6, 6.07) is 11.2. The standard InChI is InChI=1S/C22H24N2O4S/c1-13-21(25)23-17-11-14(6-9-20(17)29-13)22(26)24-10-4-5-18(24)16-8-7-15(27-2)12-19(16)28-3/h6-9,11-13,18H,4-5,10H2,1-3H3,(H,23,25)/t13-,18+/m1/s1. The molecule has 2 aliphatic rings. The number of thioether (sulfide) groups is 1. The van der Waals surface area contributed by atoms with Crippen LogP contribution in [0.2, 0.25) is 0 Å². The van der Waals surface area contributed by atoms with E-state index in [0.717, 1.165) is 34.8 Å². The molecule has 0 aliphatic carbocycles. The summed E-state index contributed by atoms with van der Waals surface area (Å²) in [4.78, 5) is 28.2. The van der Waals surface area contributed by atoms with E-state index >= 15 is 0 Å². The Kier molecular flexibility index (Phi) is 5.41. The Labute approximate surface area is 174 Å². The van der Waals surface area contributed by atoms with Crippen molar-refractivity contribution in [2.75, 3.05) is 26.1 Å². The number of nitrogens with zero attached hydrogens (tertiary/aromatic N) is 1. The number of rotatable bonds is 4. The first-order valence-electron chi connectivity index (χ1n) is 9.66. The van der Waals surface area contributed by atoms with Gasteiger partial charge in [0, 0.05) is 28.6 Å². The van der Waals surface area contributed by atoms with E-state index in [2.05, 4.69) is 5.32 Å². The molecule has 1 fully saturated rings. The van der Waals surface area contributed by atoms with E-state index < -0.39 is 0 Å². The second kappa shape index (κ2) is 7.99. The summed E-state index contributed by atoms with van der Waals surface area (Å²) in [5.74, 6) is 1.37. The summed E-state index contributed by atoms with van der Waals surface area (Å²) in [6.07, 6.45) is 1.81. The topological polar surface area (TPSA) is 67.9 Å². The van der Waals surface area contributed by atoms with Crippen LogP contribution < -0.4 is 14.8 Å². The molecule has 4 rings (SSSR count). The highest BCUT2D eigenvalue weighted by atomic mass is 32.2. The number of amides is 2. The van der Waals surface area contributed by atoms with Crippen LogP contribution in [0.5, 0.6) is 11.5 Å². The van der Waals surface area contributed by atoms with E-state index in [1.165, 1.54) is 11.8 Å². The zero-order chi connectivity index (χ0) is 20.5. The monoisotopic (exact) mass is 412 g/mol. The van der Waals surface area contributed by atoms with Crippen molar-refractivity contribution in [3.8, 4) is 11.5 Å². The van der Waals surface area contributed by atoms with Gasteiger partial charge >= 0.3 is 0 Å². The SMILES string of the molecule is COc1ccc([C@@H]2CCCN2C(=O)c2ccc3c(c2)NC(=O)[C@@H](C)S3)c(OC)c1. The lowest BCUT2D eigenvalue weighted by Gasteiger charge is -2.27. The van der Waals surface area contributed by atoms with E-state index in [0.29, 0.717) is 17.8 Å². The minimum Gasteiger partial charge on any atom is -0.497 e. The predicted octanol–water partition coefficient (Wildman–Crippen LogP) is 4.11. The molecule has 2 atom stereocenters. The third kappa shape index (κ3) is 3.67. The van der Waals surface area contributed by atoms with E-state index in [9.17, 15) is 9.59 Å². The van der Waals surface area contributed by atoms with Gasteiger partial charge in [0.2, 0.25) is 5.91 Å². The Hall–Kier alpha value is -2.67. The predicted molar refractivity (Wildman–Crippen MR) is 113 cm³/mol. The van der Waals surface area contributed by atoms with Crippen LogP contribution in [0.3, 0.4) is 0 Å². The van der Waals surface area contributed by atoms with Crippen molar-refractivity contribution in [3.63, 3.8) is 0 Å². The van der Waals surface area contributed by atoms with E-state index in [1.807, 2.05) is 42.2 Å². The minimum absolute atomic E-state index is 0.0332. The zero-order valence-corrected chi connectivity index (χ0v) is 17.5. The minimum atomic E-state index is -0.130. The largest absolute Gasteiger partial charge is 0.497 e. The smallest absolute Gasteiger partial charge is 0.254 e. The number of fused-ring (bicyclic) bond motifs is 1. The lowest BCUT2D eigenvalue weighted by molar-refractivity contribution is -0.115. The van der Waals surface area contributed by atoms with Crippen molar-refractivity contribution in [2.24, 2.45) is 0 Å². The second-order valence-electron chi connectivity index (χ2n) is 7.22. The number of hydrogen-bond acceptors (Lipinski definition) is 5. The van der Waals surface area contributed by atoms with E-state index in [4.69, 9.17) is 9.47 Å². The molecule has 0 spiro atoms. The molecule has 2 heterocycles. The van der Waals surface area contributed by atoms with Gasteiger partial charge in [-0.05, 0) is 50.1 Å². The maximum atomic E-state index is 13.3. The van der Waals surface area contributed by atoms with Crippen molar-refractivity contribution in [1.29, 1.82) is 0 Å². The fourth-order valence-corrected chi connectivity index (χ4v) is 4.86. The van der Waals surface area contributed by atoms with Crippen LogP contribution in [0.4, 0.5) is 5.69 Å². The number of likely N-dealkylation sites (tertiary alicyclic amines) is 1. The molecule has 7 heteroatoms. The molecule has 0 bridgehead atoms. The van der Waals surface area contributed by atoms with Crippen molar-refractivity contribution in [2.45, 2.75) is 36.0 Å². The van der Waals surface area contributed by atoms with Crippen molar-refractivity contribution in [3.05, 3.63) is 47.5 Å². The molecule has 0 radical (unpaired) electrons. The number of benzene rings is 2. The van der Waals surface area contributed by atoms with Gasteiger partial charge in [-0.2, -0.15) is 0 Å². The number of hydrogen-bond donors (Lipinski definition) is 1. The van der Waals surface area contributed by atoms with Crippen LogP contribution >= 0.6 is 11.8 Å². The molecule has 1 N–H and O–H groups in total. The maximum absolute atomic E-state index is 13.3. The quantitative estimate of drug-likeness (QED) is 0.818. The van der Waals surface area contributed by atoms with Gasteiger partial charge in [0.15, 0.2) is 0 Å². The van der Waals surface area contributed by atoms with Crippen molar-refractivity contribution < 1.29 is 19.1 Å². The number of carbonyl (C=O) groups is 2.